The van der Waals surface area contributed by atoms with E-state index < -0.39 is 0 Å². The van der Waals surface area contributed by atoms with E-state index in [1.807, 2.05) is 61.5 Å². The number of carbonyl (C=O) groups is 1. The standard InChI is InChI=1S/C29H31N3O5/c1-19-6-9-21(10-7-19)32-25(18-24(31-32)23-12-11-22(34-2)17-27(23)36-4)29(33)30-15-14-20-8-13-26(35-3)28(16-20)37-5/h6-13,16-18H,14-15H2,1-5H3,(H,30,33). The number of aromatic nitrogens is 2. The molecule has 0 saturated heterocycles. The van der Waals surface area contributed by atoms with Gasteiger partial charge in [0.05, 0.1) is 39.8 Å². The zero-order valence-electron chi connectivity index (χ0n) is 21.7. The van der Waals surface area contributed by atoms with Crippen LogP contribution in [0.1, 0.15) is 21.6 Å². The van der Waals surface area contributed by atoms with Crippen LogP contribution in [0.25, 0.3) is 16.9 Å². The molecule has 4 rings (SSSR count). The average Bonchev–Trinajstić information content (AvgIpc) is 3.38. The number of hydrogen-bond acceptors (Lipinski definition) is 6. The van der Waals surface area contributed by atoms with E-state index in [-0.39, 0.29) is 5.91 Å². The summed E-state index contributed by atoms with van der Waals surface area (Å²) in [6, 6.07) is 20.9. The second-order valence-electron chi connectivity index (χ2n) is 8.42. The molecule has 0 fully saturated rings. The summed E-state index contributed by atoms with van der Waals surface area (Å²) in [5.74, 6) is 2.37. The Morgan fingerprint density at radius 3 is 2.22 bits per heavy atom. The highest BCUT2D eigenvalue weighted by molar-refractivity contribution is 5.94. The maximum atomic E-state index is 13.4. The molecule has 0 aliphatic rings. The second-order valence-corrected chi connectivity index (χ2v) is 8.42. The lowest BCUT2D eigenvalue weighted by molar-refractivity contribution is 0.0946. The van der Waals surface area contributed by atoms with Crippen molar-refractivity contribution in [3.05, 3.63) is 83.6 Å². The van der Waals surface area contributed by atoms with Crippen molar-refractivity contribution in [3.63, 3.8) is 0 Å². The van der Waals surface area contributed by atoms with E-state index in [0.29, 0.717) is 47.4 Å². The van der Waals surface area contributed by atoms with Crippen LogP contribution in [0, 0.1) is 6.92 Å². The Morgan fingerprint density at radius 1 is 0.811 bits per heavy atom. The Balaban J connectivity index is 1.61. The van der Waals surface area contributed by atoms with Gasteiger partial charge in [0.25, 0.3) is 5.91 Å². The predicted molar refractivity (Wildman–Crippen MR) is 142 cm³/mol. The molecular formula is C29H31N3O5. The van der Waals surface area contributed by atoms with E-state index in [0.717, 1.165) is 22.4 Å². The number of carbonyl (C=O) groups excluding carboxylic acids is 1. The third-order valence-electron chi connectivity index (χ3n) is 6.05. The Kier molecular flexibility index (Phi) is 7.98. The fourth-order valence-electron chi connectivity index (χ4n) is 4.01. The van der Waals surface area contributed by atoms with E-state index in [1.54, 1.807) is 45.3 Å². The zero-order valence-corrected chi connectivity index (χ0v) is 21.7. The summed E-state index contributed by atoms with van der Waals surface area (Å²) in [4.78, 5) is 13.4. The van der Waals surface area contributed by atoms with E-state index in [2.05, 4.69) is 5.32 Å². The van der Waals surface area contributed by atoms with Gasteiger partial charge in [0.15, 0.2) is 11.5 Å². The molecule has 0 saturated carbocycles. The van der Waals surface area contributed by atoms with Crippen molar-refractivity contribution in [1.82, 2.24) is 15.1 Å². The summed E-state index contributed by atoms with van der Waals surface area (Å²) in [5, 5.41) is 7.80. The molecule has 1 N–H and O–H groups in total. The minimum absolute atomic E-state index is 0.229. The maximum absolute atomic E-state index is 13.4. The van der Waals surface area contributed by atoms with Crippen molar-refractivity contribution in [2.75, 3.05) is 35.0 Å². The molecule has 0 spiro atoms. The number of methoxy groups -OCH3 is 4. The molecular weight excluding hydrogens is 470 g/mol. The first-order chi connectivity index (χ1) is 18.0. The molecule has 0 unspecified atom stereocenters. The fraction of sp³-hybridized carbons (Fsp3) is 0.241. The average molecular weight is 502 g/mol. The first-order valence-corrected chi connectivity index (χ1v) is 11.9. The Hall–Kier alpha value is -4.46. The molecule has 0 aliphatic heterocycles. The van der Waals surface area contributed by atoms with Gasteiger partial charge in [-0.25, -0.2) is 4.68 Å². The number of hydrogen-bond donors (Lipinski definition) is 1. The van der Waals surface area contributed by atoms with Crippen molar-refractivity contribution in [2.45, 2.75) is 13.3 Å². The van der Waals surface area contributed by atoms with Gasteiger partial charge in [-0.2, -0.15) is 5.10 Å². The molecule has 0 atom stereocenters. The van der Waals surface area contributed by atoms with Crippen molar-refractivity contribution in [1.29, 1.82) is 0 Å². The molecule has 4 aromatic rings. The molecule has 0 bridgehead atoms. The van der Waals surface area contributed by atoms with Crippen molar-refractivity contribution >= 4 is 5.91 Å². The Labute approximate surface area is 216 Å². The summed E-state index contributed by atoms with van der Waals surface area (Å²) in [5.41, 5.74) is 4.72. The SMILES string of the molecule is COc1ccc(-c2cc(C(=O)NCCc3ccc(OC)c(OC)c3)n(-c3ccc(C)cc3)n2)c(OC)c1. The number of benzene rings is 3. The summed E-state index contributed by atoms with van der Waals surface area (Å²) in [6.07, 6.45) is 0.629. The lowest BCUT2D eigenvalue weighted by Crippen LogP contribution is -2.27. The Morgan fingerprint density at radius 2 is 1.54 bits per heavy atom. The second kappa shape index (κ2) is 11.5. The van der Waals surface area contributed by atoms with E-state index >= 15 is 0 Å². The van der Waals surface area contributed by atoms with Gasteiger partial charge in [0.2, 0.25) is 0 Å². The van der Waals surface area contributed by atoms with Crippen LogP contribution in [-0.4, -0.2) is 50.7 Å². The number of aryl methyl sites for hydroxylation is 1. The first-order valence-electron chi connectivity index (χ1n) is 11.9. The summed E-state index contributed by atoms with van der Waals surface area (Å²) >= 11 is 0. The number of ether oxygens (including phenoxy) is 4. The van der Waals surface area contributed by atoms with Gasteiger partial charge >= 0.3 is 0 Å². The highest BCUT2D eigenvalue weighted by Crippen LogP contribution is 2.33. The highest BCUT2D eigenvalue weighted by Gasteiger charge is 2.20. The van der Waals surface area contributed by atoms with Crippen LogP contribution in [0.5, 0.6) is 23.0 Å². The smallest absolute Gasteiger partial charge is 0.270 e. The largest absolute Gasteiger partial charge is 0.497 e. The van der Waals surface area contributed by atoms with Crippen molar-refractivity contribution in [3.8, 4) is 39.9 Å². The van der Waals surface area contributed by atoms with Crippen LogP contribution in [0.4, 0.5) is 0 Å². The van der Waals surface area contributed by atoms with E-state index in [1.165, 1.54) is 0 Å². The number of rotatable bonds is 10. The normalized spacial score (nSPS) is 10.6. The molecule has 3 aromatic carbocycles. The molecule has 1 amide bonds. The number of nitrogens with zero attached hydrogens (tertiary/aromatic N) is 2. The zero-order chi connectivity index (χ0) is 26.4. The van der Waals surface area contributed by atoms with Gasteiger partial charge < -0.3 is 24.3 Å². The van der Waals surface area contributed by atoms with E-state index in [9.17, 15) is 4.79 Å². The molecule has 1 aromatic heterocycles. The third kappa shape index (κ3) is 5.69. The van der Waals surface area contributed by atoms with Crippen molar-refractivity contribution in [2.24, 2.45) is 0 Å². The fourth-order valence-corrected chi connectivity index (χ4v) is 4.01. The number of amides is 1. The molecule has 192 valence electrons. The lowest BCUT2D eigenvalue weighted by Gasteiger charge is -2.11. The van der Waals surface area contributed by atoms with Gasteiger partial charge in [-0.15, -0.1) is 0 Å². The molecule has 0 radical (unpaired) electrons. The molecule has 8 heteroatoms. The van der Waals surface area contributed by atoms with Gasteiger partial charge in [-0.1, -0.05) is 23.8 Å². The number of nitrogens with one attached hydrogen (secondary N) is 1. The van der Waals surface area contributed by atoms with Gasteiger partial charge in [0.1, 0.15) is 17.2 Å². The van der Waals surface area contributed by atoms with Crippen molar-refractivity contribution < 1.29 is 23.7 Å². The minimum Gasteiger partial charge on any atom is -0.497 e. The van der Waals surface area contributed by atoms with Crippen LogP contribution in [0.2, 0.25) is 0 Å². The van der Waals surface area contributed by atoms with Crippen LogP contribution in [0.15, 0.2) is 66.7 Å². The van der Waals surface area contributed by atoms with Gasteiger partial charge in [0, 0.05) is 18.2 Å². The monoisotopic (exact) mass is 501 g/mol. The van der Waals surface area contributed by atoms with Crippen LogP contribution >= 0.6 is 0 Å². The Bertz CT molecular complexity index is 1380. The highest BCUT2D eigenvalue weighted by atomic mass is 16.5. The molecule has 37 heavy (non-hydrogen) atoms. The predicted octanol–water partition coefficient (Wildman–Crippen LogP) is 4.85. The summed E-state index contributed by atoms with van der Waals surface area (Å²) in [7, 11) is 6.40. The third-order valence-corrected chi connectivity index (χ3v) is 6.05. The molecule has 0 aliphatic carbocycles. The van der Waals surface area contributed by atoms with Gasteiger partial charge in [-0.3, -0.25) is 4.79 Å². The first kappa shape index (κ1) is 25.6. The maximum Gasteiger partial charge on any atom is 0.270 e. The van der Waals surface area contributed by atoms with E-state index in [4.69, 9.17) is 24.0 Å². The summed E-state index contributed by atoms with van der Waals surface area (Å²) in [6.45, 7) is 2.46. The van der Waals surface area contributed by atoms with Crippen LogP contribution in [0.3, 0.4) is 0 Å². The quantitative estimate of drug-likeness (QED) is 0.334. The molecule has 8 nitrogen and oxygen atoms in total. The molecule has 1 heterocycles. The van der Waals surface area contributed by atoms with Crippen LogP contribution < -0.4 is 24.3 Å². The van der Waals surface area contributed by atoms with Crippen LogP contribution in [-0.2, 0) is 6.42 Å². The van der Waals surface area contributed by atoms with Gasteiger partial charge in [-0.05, 0) is 61.4 Å². The topological polar surface area (TPSA) is 83.8 Å². The summed E-state index contributed by atoms with van der Waals surface area (Å²) < 4.78 is 23.2. The lowest BCUT2D eigenvalue weighted by atomic mass is 10.1. The minimum atomic E-state index is -0.229.